The molecule has 2 rings (SSSR count). The number of benzene rings is 1. The fourth-order valence-corrected chi connectivity index (χ4v) is 2.74. The number of likely N-dealkylation sites (N-methyl/N-ethyl adjacent to an activating group) is 1. The molecule has 0 radical (unpaired) electrons. The fourth-order valence-electron chi connectivity index (χ4n) is 2.74. The van der Waals surface area contributed by atoms with E-state index < -0.39 is 0 Å². The summed E-state index contributed by atoms with van der Waals surface area (Å²) in [7, 11) is 0. The average molecular weight is 217 g/mol. The van der Waals surface area contributed by atoms with Crippen LogP contribution >= 0.6 is 0 Å². The average Bonchev–Trinajstić information content (AvgIpc) is 2.57. The first-order chi connectivity index (χ1) is 7.63. The molecule has 2 nitrogen and oxygen atoms in total. The second-order valence-corrected chi connectivity index (χ2v) is 4.65. The van der Waals surface area contributed by atoms with Gasteiger partial charge in [0, 0.05) is 31.1 Å². The zero-order valence-electron chi connectivity index (χ0n) is 10.3. The van der Waals surface area contributed by atoms with Gasteiger partial charge in [-0.05, 0) is 38.0 Å². The van der Waals surface area contributed by atoms with Gasteiger partial charge in [0.15, 0.2) is 0 Å². The summed E-state index contributed by atoms with van der Waals surface area (Å²) in [6, 6.07) is 6.42. The standard InChI is InChI=1S/C14H19NO/c1-4-15-9-12(8-11(3)16)14-10(2)6-5-7-13(14)15/h5-7,12H,4,8-9H2,1-3H3. The van der Waals surface area contributed by atoms with E-state index in [1.807, 2.05) is 0 Å². The highest BCUT2D eigenvalue weighted by molar-refractivity contribution is 5.78. The molecule has 0 amide bonds. The minimum absolute atomic E-state index is 0.289. The zero-order chi connectivity index (χ0) is 11.7. The van der Waals surface area contributed by atoms with Crippen LogP contribution in [0.1, 0.15) is 37.3 Å². The molecule has 0 saturated heterocycles. The van der Waals surface area contributed by atoms with Crippen LogP contribution in [0.15, 0.2) is 18.2 Å². The Hall–Kier alpha value is -1.31. The molecule has 1 atom stereocenters. The minimum Gasteiger partial charge on any atom is -0.371 e. The number of hydrogen-bond acceptors (Lipinski definition) is 2. The summed E-state index contributed by atoms with van der Waals surface area (Å²) in [6.07, 6.45) is 0.675. The summed E-state index contributed by atoms with van der Waals surface area (Å²) in [5.41, 5.74) is 4.04. The smallest absolute Gasteiger partial charge is 0.130 e. The lowest BCUT2D eigenvalue weighted by Gasteiger charge is -2.16. The summed E-state index contributed by atoms with van der Waals surface area (Å²) in [6.45, 7) is 8.01. The quantitative estimate of drug-likeness (QED) is 0.776. The molecule has 0 bridgehead atoms. The van der Waals surface area contributed by atoms with E-state index in [-0.39, 0.29) is 5.78 Å². The van der Waals surface area contributed by atoms with Crippen LogP contribution in [-0.4, -0.2) is 18.9 Å². The number of nitrogens with zero attached hydrogens (tertiary/aromatic N) is 1. The predicted molar refractivity (Wildman–Crippen MR) is 67.1 cm³/mol. The molecular formula is C14H19NO. The zero-order valence-corrected chi connectivity index (χ0v) is 10.3. The van der Waals surface area contributed by atoms with Gasteiger partial charge in [-0.1, -0.05) is 12.1 Å². The van der Waals surface area contributed by atoms with Gasteiger partial charge in [-0.2, -0.15) is 0 Å². The highest BCUT2D eigenvalue weighted by atomic mass is 16.1. The van der Waals surface area contributed by atoms with Crippen molar-refractivity contribution in [3.8, 4) is 0 Å². The van der Waals surface area contributed by atoms with E-state index in [2.05, 4.69) is 36.9 Å². The number of rotatable bonds is 3. The van der Waals surface area contributed by atoms with Gasteiger partial charge in [0.2, 0.25) is 0 Å². The predicted octanol–water partition coefficient (Wildman–Crippen LogP) is 2.90. The Labute approximate surface area is 97.3 Å². The van der Waals surface area contributed by atoms with E-state index in [9.17, 15) is 4.79 Å². The van der Waals surface area contributed by atoms with Crippen molar-refractivity contribution in [1.29, 1.82) is 0 Å². The third-order valence-corrected chi connectivity index (χ3v) is 3.41. The molecule has 1 heterocycles. The van der Waals surface area contributed by atoms with Crippen molar-refractivity contribution in [2.45, 2.75) is 33.1 Å². The highest BCUT2D eigenvalue weighted by Crippen LogP contribution is 2.39. The fraction of sp³-hybridized carbons (Fsp3) is 0.500. The number of anilines is 1. The minimum atomic E-state index is 0.289. The van der Waals surface area contributed by atoms with E-state index in [0.717, 1.165) is 13.1 Å². The molecule has 1 aromatic carbocycles. The maximum atomic E-state index is 11.3. The first-order valence-corrected chi connectivity index (χ1v) is 5.97. The Bertz CT molecular complexity index is 411. The number of fused-ring (bicyclic) bond motifs is 1. The van der Waals surface area contributed by atoms with E-state index in [1.54, 1.807) is 6.92 Å². The maximum Gasteiger partial charge on any atom is 0.130 e. The monoisotopic (exact) mass is 217 g/mol. The van der Waals surface area contributed by atoms with Crippen molar-refractivity contribution >= 4 is 11.5 Å². The molecule has 16 heavy (non-hydrogen) atoms. The lowest BCUT2D eigenvalue weighted by atomic mass is 9.93. The van der Waals surface area contributed by atoms with Crippen molar-refractivity contribution in [2.75, 3.05) is 18.0 Å². The first-order valence-electron chi connectivity index (χ1n) is 5.97. The van der Waals surface area contributed by atoms with Crippen LogP contribution in [-0.2, 0) is 4.79 Å². The molecule has 2 heteroatoms. The van der Waals surface area contributed by atoms with Crippen LogP contribution in [0.2, 0.25) is 0 Å². The second-order valence-electron chi connectivity index (χ2n) is 4.65. The van der Waals surface area contributed by atoms with Crippen LogP contribution in [0.4, 0.5) is 5.69 Å². The van der Waals surface area contributed by atoms with Crippen molar-refractivity contribution < 1.29 is 4.79 Å². The molecule has 0 saturated carbocycles. The van der Waals surface area contributed by atoms with Gasteiger partial charge in [0.25, 0.3) is 0 Å². The van der Waals surface area contributed by atoms with E-state index >= 15 is 0 Å². The Morgan fingerprint density at radius 2 is 2.25 bits per heavy atom. The summed E-state index contributed by atoms with van der Waals surface area (Å²) in [5, 5.41) is 0. The third-order valence-electron chi connectivity index (χ3n) is 3.41. The Kier molecular flexibility index (Phi) is 2.99. The summed E-state index contributed by atoms with van der Waals surface area (Å²) < 4.78 is 0. The SMILES string of the molecule is CCN1CC(CC(C)=O)c2c(C)cccc21. The summed E-state index contributed by atoms with van der Waals surface area (Å²) in [5.74, 6) is 0.686. The molecule has 0 N–H and O–H groups in total. The number of ketones is 1. The van der Waals surface area contributed by atoms with Crippen molar-refractivity contribution in [2.24, 2.45) is 0 Å². The number of hydrogen-bond donors (Lipinski definition) is 0. The van der Waals surface area contributed by atoms with Gasteiger partial charge in [-0.25, -0.2) is 0 Å². The van der Waals surface area contributed by atoms with Crippen molar-refractivity contribution in [3.05, 3.63) is 29.3 Å². The Morgan fingerprint density at radius 1 is 1.50 bits per heavy atom. The van der Waals surface area contributed by atoms with Crippen molar-refractivity contribution in [3.63, 3.8) is 0 Å². The normalized spacial score (nSPS) is 18.7. The highest BCUT2D eigenvalue weighted by Gasteiger charge is 2.29. The largest absolute Gasteiger partial charge is 0.371 e. The van der Waals surface area contributed by atoms with E-state index in [1.165, 1.54) is 16.8 Å². The van der Waals surface area contributed by atoms with Crippen LogP contribution in [0.5, 0.6) is 0 Å². The van der Waals surface area contributed by atoms with Gasteiger partial charge < -0.3 is 9.69 Å². The lowest BCUT2D eigenvalue weighted by Crippen LogP contribution is -2.21. The van der Waals surface area contributed by atoms with Crippen LogP contribution in [0.3, 0.4) is 0 Å². The van der Waals surface area contributed by atoms with Gasteiger partial charge in [-0.15, -0.1) is 0 Å². The summed E-state index contributed by atoms with van der Waals surface area (Å²) in [4.78, 5) is 13.7. The Balaban J connectivity index is 2.39. The first kappa shape index (κ1) is 11.2. The lowest BCUT2D eigenvalue weighted by molar-refractivity contribution is -0.117. The van der Waals surface area contributed by atoms with Crippen LogP contribution < -0.4 is 4.90 Å². The molecular weight excluding hydrogens is 198 g/mol. The van der Waals surface area contributed by atoms with E-state index in [4.69, 9.17) is 0 Å². The molecule has 0 aliphatic carbocycles. The number of aryl methyl sites for hydroxylation is 1. The maximum absolute atomic E-state index is 11.3. The molecule has 0 fully saturated rings. The van der Waals surface area contributed by atoms with Crippen LogP contribution in [0.25, 0.3) is 0 Å². The summed E-state index contributed by atoms with van der Waals surface area (Å²) >= 11 is 0. The Morgan fingerprint density at radius 3 is 2.88 bits per heavy atom. The molecule has 1 unspecified atom stereocenters. The molecule has 1 aliphatic rings. The molecule has 0 aromatic heterocycles. The van der Waals surface area contributed by atoms with Crippen LogP contribution in [0, 0.1) is 6.92 Å². The van der Waals surface area contributed by atoms with Gasteiger partial charge in [-0.3, -0.25) is 0 Å². The van der Waals surface area contributed by atoms with Crippen molar-refractivity contribution in [1.82, 2.24) is 0 Å². The molecule has 86 valence electrons. The van der Waals surface area contributed by atoms with Gasteiger partial charge >= 0.3 is 0 Å². The molecule has 1 aromatic rings. The van der Waals surface area contributed by atoms with Gasteiger partial charge in [0.1, 0.15) is 5.78 Å². The molecule has 1 aliphatic heterocycles. The van der Waals surface area contributed by atoms with Gasteiger partial charge in [0.05, 0.1) is 0 Å². The number of carbonyl (C=O) groups is 1. The molecule has 0 spiro atoms. The number of carbonyl (C=O) groups excluding carboxylic acids is 1. The third kappa shape index (κ3) is 1.84. The second kappa shape index (κ2) is 4.28. The van der Waals surface area contributed by atoms with E-state index in [0.29, 0.717) is 12.3 Å². The topological polar surface area (TPSA) is 20.3 Å². The number of Topliss-reactive ketones (excluding diaryl/α,β-unsaturated/α-hetero) is 1.